The van der Waals surface area contributed by atoms with Crippen LogP contribution in [0.4, 0.5) is 4.79 Å². The molecule has 1 aromatic heterocycles. The normalized spacial score (nSPS) is 10.8. The van der Waals surface area contributed by atoms with Crippen molar-refractivity contribution in [1.29, 1.82) is 0 Å². The number of carboxylic acid groups (broad SMARTS) is 1. The predicted octanol–water partition coefficient (Wildman–Crippen LogP) is 2.70. The van der Waals surface area contributed by atoms with Crippen LogP contribution in [0.1, 0.15) is 17.0 Å². The Bertz CT molecular complexity index is 615. The number of carbonyl (C=O) groups is 1. The van der Waals surface area contributed by atoms with E-state index in [4.69, 9.17) is 5.11 Å². The van der Waals surface area contributed by atoms with Gasteiger partial charge < -0.3 is 9.67 Å². The summed E-state index contributed by atoms with van der Waals surface area (Å²) in [4.78, 5) is 10.3. The fraction of sp³-hybridized carbons (Fsp3) is 0.143. The summed E-state index contributed by atoms with van der Waals surface area (Å²) in [6.07, 6.45) is 0.337. The van der Waals surface area contributed by atoms with Gasteiger partial charge in [-0.1, -0.05) is 18.2 Å². The third-order valence-electron chi connectivity index (χ3n) is 2.85. The largest absolute Gasteiger partial charge is 0.464 e. The van der Waals surface area contributed by atoms with Crippen LogP contribution in [0.15, 0.2) is 41.5 Å². The minimum Gasteiger partial charge on any atom is -0.464 e. The van der Waals surface area contributed by atoms with Crippen molar-refractivity contribution in [3.8, 4) is 5.69 Å². The molecule has 0 atom stereocenters. The Balaban J connectivity index is 2.35. The van der Waals surface area contributed by atoms with E-state index in [1.165, 1.54) is 6.21 Å². The van der Waals surface area contributed by atoms with Crippen LogP contribution in [-0.2, 0) is 0 Å². The molecule has 0 radical (unpaired) electrons. The van der Waals surface area contributed by atoms with Crippen LogP contribution in [0.25, 0.3) is 5.69 Å². The number of hydrogen-bond acceptors (Lipinski definition) is 2. The second-order valence-electron chi connectivity index (χ2n) is 4.17. The van der Waals surface area contributed by atoms with Crippen molar-refractivity contribution in [2.24, 2.45) is 5.10 Å². The first kappa shape index (κ1) is 12.9. The molecule has 19 heavy (non-hydrogen) atoms. The summed E-state index contributed by atoms with van der Waals surface area (Å²) >= 11 is 0. The zero-order chi connectivity index (χ0) is 13.8. The average Bonchev–Trinajstić information content (AvgIpc) is 2.65. The van der Waals surface area contributed by atoms with Gasteiger partial charge in [0.1, 0.15) is 0 Å². The van der Waals surface area contributed by atoms with Gasteiger partial charge in [-0.05, 0) is 32.0 Å². The molecule has 0 saturated heterocycles. The predicted molar refractivity (Wildman–Crippen MR) is 74.0 cm³/mol. The van der Waals surface area contributed by atoms with Crippen LogP contribution in [0.5, 0.6) is 0 Å². The van der Waals surface area contributed by atoms with Crippen LogP contribution in [0.3, 0.4) is 0 Å². The molecule has 1 amide bonds. The van der Waals surface area contributed by atoms with Crippen molar-refractivity contribution < 1.29 is 9.90 Å². The van der Waals surface area contributed by atoms with Crippen molar-refractivity contribution >= 4 is 12.3 Å². The molecular formula is C14H15N3O2. The summed E-state index contributed by atoms with van der Waals surface area (Å²) in [5, 5.41) is 12.1. The average molecular weight is 257 g/mol. The molecule has 2 N–H and O–H groups in total. The lowest BCUT2D eigenvalue weighted by molar-refractivity contribution is 0.195. The number of amides is 1. The summed E-state index contributed by atoms with van der Waals surface area (Å²) in [6.45, 7) is 3.98. The van der Waals surface area contributed by atoms with Gasteiger partial charge in [0.25, 0.3) is 0 Å². The van der Waals surface area contributed by atoms with E-state index in [0.29, 0.717) is 0 Å². The van der Waals surface area contributed by atoms with Crippen LogP contribution >= 0.6 is 0 Å². The number of aryl methyl sites for hydroxylation is 1. The summed E-state index contributed by atoms with van der Waals surface area (Å²) in [5.74, 6) is 0. The van der Waals surface area contributed by atoms with Gasteiger partial charge in [0.15, 0.2) is 0 Å². The molecular weight excluding hydrogens is 242 g/mol. The zero-order valence-electron chi connectivity index (χ0n) is 10.8. The first-order chi connectivity index (χ1) is 9.09. The number of nitrogens with one attached hydrogen (secondary N) is 1. The molecule has 5 nitrogen and oxygen atoms in total. The number of hydrazone groups is 1. The zero-order valence-corrected chi connectivity index (χ0v) is 10.8. The first-order valence-electron chi connectivity index (χ1n) is 5.86. The van der Waals surface area contributed by atoms with Gasteiger partial charge >= 0.3 is 6.09 Å². The molecule has 2 aromatic rings. The van der Waals surface area contributed by atoms with E-state index in [2.05, 4.69) is 9.67 Å². The molecule has 98 valence electrons. The van der Waals surface area contributed by atoms with E-state index in [-0.39, 0.29) is 0 Å². The van der Waals surface area contributed by atoms with Gasteiger partial charge in [0.05, 0.1) is 6.21 Å². The molecule has 0 aliphatic carbocycles. The van der Waals surface area contributed by atoms with Crippen LogP contribution in [-0.4, -0.2) is 22.0 Å². The molecule has 0 bridgehead atoms. The van der Waals surface area contributed by atoms with E-state index < -0.39 is 6.09 Å². The number of hydrogen-bond donors (Lipinski definition) is 2. The second kappa shape index (κ2) is 5.39. The van der Waals surface area contributed by atoms with Gasteiger partial charge in [-0.25, -0.2) is 10.2 Å². The van der Waals surface area contributed by atoms with Crippen molar-refractivity contribution in [3.63, 3.8) is 0 Å². The summed E-state index contributed by atoms with van der Waals surface area (Å²) in [7, 11) is 0. The quantitative estimate of drug-likeness (QED) is 0.655. The number of rotatable bonds is 3. The lowest BCUT2D eigenvalue weighted by Crippen LogP contribution is -2.13. The summed E-state index contributed by atoms with van der Waals surface area (Å²) in [5.41, 5.74) is 6.01. The van der Waals surface area contributed by atoms with Crippen molar-refractivity contribution in [1.82, 2.24) is 9.99 Å². The first-order valence-corrected chi connectivity index (χ1v) is 5.86. The lowest BCUT2D eigenvalue weighted by atomic mass is 10.2. The monoisotopic (exact) mass is 257 g/mol. The number of nitrogens with zero attached hydrogens (tertiary/aromatic N) is 2. The topological polar surface area (TPSA) is 66.6 Å². The smallest absolute Gasteiger partial charge is 0.425 e. The Morgan fingerprint density at radius 3 is 2.63 bits per heavy atom. The Morgan fingerprint density at radius 1 is 1.32 bits per heavy atom. The number of para-hydroxylation sites is 1. The minimum absolute atomic E-state index is 0.884. The van der Waals surface area contributed by atoms with Crippen molar-refractivity contribution in [2.45, 2.75) is 13.8 Å². The van der Waals surface area contributed by atoms with E-state index in [1.54, 1.807) is 0 Å². The molecule has 5 heteroatoms. The van der Waals surface area contributed by atoms with E-state index >= 15 is 0 Å². The van der Waals surface area contributed by atoms with Gasteiger partial charge in [-0.15, -0.1) is 0 Å². The Kier molecular flexibility index (Phi) is 3.66. The maximum absolute atomic E-state index is 10.3. The minimum atomic E-state index is -1.17. The Labute approximate surface area is 111 Å². The third-order valence-corrected chi connectivity index (χ3v) is 2.85. The van der Waals surface area contributed by atoms with Crippen molar-refractivity contribution in [2.75, 3.05) is 0 Å². The lowest BCUT2D eigenvalue weighted by Gasteiger charge is -2.08. The highest BCUT2D eigenvalue weighted by molar-refractivity contribution is 5.83. The maximum Gasteiger partial charge on any atom is 0.425 e. The molecule has 0 fully saturated rings. The van der Waals surface area contributed by atoms with E-state index in [0.717, 1.165) is 22.6 Å². The number of aromatic nitrogens is 1. The highest BCUT2D eigenvalue weighted by atomic mass is 16.4. The fourth-order valence-electron chi connectivity index (χ4n) is 2.05. The molecule has 1 heterocycles. The standard InChI is InChI=1S/C14H15N3O2/c1-10-8-12(9-15-16-14(18)19)11(2)17(10)13-6-4-3-5-7-13/h3-9,16H,1-2H3,(H,18,19). The van der Waals surface area contributed by atoms with Crippen LogP contribution < -0.4 is 5.43 Å². The van der Waals surface area contributed by atoms with Gasteiger partial charge in [0, 0.05) is 22.6 Å². The fourth-order valence-corrected chi connectivity index (χ4v) is 2.05. The van der Waals surface area contributed by atoms with Gasteiger partial charge in [-0.3, -0.25) is 0 Å². The SMILES string of the molecule is Cc1cc(C=NNC(=O)O)c(C)n1-c1ccccc1. The maximum atomic E-state index is 10.3. The Morgan fingerprint density at radius 2 is 2.00 bits per heavy atom. The van der Waals surface area contributed by atoms with Gasteiger partial charge in [0.2, 0.25) is 0 Å². The molecule has 0 spiro atoms. The van der Waals surface area contributed by atoms with Crippen molar-refractivity contribution in [3.05, 3.63) is 53.3 Å². The Hall–Kier alpha value is -2.56. The van der Waals surface area contributed by atoms with E-state index in [1.807, 2.05) is 55.7 Å². The molecule has 2 rings (SSSR count). The highest BCUT2D eigenvalue weighted by Gasteiger charge is 2.08. The number of benzene rings is 1. The van der Waals surface area contributed by atoms with Gasteiger partial charge in [-0.2, -0.15) is 5.10 Å². The highest BCUT2D eigenvalue weighted by Crippen LogP contribution is 2.19. The molecule has 0 aliphatic rings. The van der Waals surface area contributed by atoms with Crippen LogP contribution in [0.2, 0.25) is 0 Å². The van der Waals surface area contributed by atoms with E-state index in [9.17, 15) is 4.79 Å². The third kappa shape index (κ3) is 2.82. The van der Waals surface area contributed by atoms with Crippen LogP contribution in [0, 0.1) is 13.8 Å². The summed E-state index contributed by atoms with van der Waals surface area (Å²) in [6, 6.07) is 11.9. The molecule has 0 unspecified atom stereocenters. The molecule has 0 aliphatic heterocycles. The molecule has 0 saturated carbocycles. The summed E-state index contributed by atoms with van der Waals surface area (Å²) < 4.78 is 2.10. The second-order valence-corrected chi connectivity index (χ2v) is 4.17. The molecule has 1 aromatic carbocycles.